The Kier molecular flexibility index (Phi) is 2.05. The number of furan rings is 1. The quantitative estimate of drug-likeness (QED) is 0.698. The van der Waals surface area contributed by atoms with Crippen molar-refractivity contribution in [3.05, 3.63) is 30.0 Å². The van der Waals surface area contributed by atoms with Crippen molar-refractivity contribution in [2.24, 2.45) is 0 Å². The van der Waals surface area contributed by atoms with Gasteiger partial charge in [0.25, 0.3) is 0 Å². The van der Waals surface area contributed by atoms with Crippen LogP contribution >= 0.6 is 0 Å². The highest BCUT2D eigenvalue weighted by Gasteiger charge is 2.18. The number of aromatic nitrogens is 4. The fraction of sp³-hybridized carbons (Fsp3) is 0.286. The highest BCUT2D eigenvalue weighted by atomic mass is 16.3. The van der Waals surface area contributed by atoms with E-state index in [4.69, 9.17) is 4.42 Å². The zero-order chi connectivity index (χ0) is 9.10. The normalized spacial score (nSPS) is 13.0. The Bertz CT molecular complexity index is 307. The predicted molar refractivity (Wildman–Crippen MR) is 43.8 cm³/mol. The Morgan fingerprint density at radius 2 is 2.54 bits per heavy atom. The van der Waals surface area contributed by atoms with E-state index < -0.39 is 0 Å². The molecule has 0 spiro atoms. The van der Waals surface area contributed by atoms with Crippen LogP contribution in [0.2, 0.25) is 0 Å². The molecule has 2 aromatic heterocycles. The molecule has 13 heavy (non-hydrogen) atoms. The van der Waals surface area contributed by atoms with E-state index in [9.17, 15) is 0 Å². The number of nitrogens with zero attached hydrogens (tertiary/aromatic N) is 3. The predicted octanol–water partition coefficient (Wildman–Crippen LogP) is 0.101. The van der Waals surface area contributed by atoms with Gasteiger partial charge in [0.1, 0.15) is 11.8 Å². The third-order valence-electron chi connectivity index (χ3n) is 1.74. The van der Waals surface area contributed by atoms with Gasteiger partial charge in [0.2, 0.25) is 0 Å². The summed E-state index contributed by atoms with van der Waals surface area (Å²) in [4.78, 5) is 0. The molecule has 0 bridgehead atoms. The average Bonchev–Trinajstić information content (AvgIpc) is 2.76. The highest BCUT2D eigenvalue weighted by Crippen LogP contribution is 2.17. The first-order valence-electron chi connectivity index (χ1n) is 3.86. The molecule has 0 aliphatic carbocycles. The number of nitrogens with one attached hydrogen (secondary N) is 2. The summed E-state index contributed by atoms with van der Waals surface area (Å²) in [5.41, 5.74) is 0. The molecule has 0 fully saturated rings. The monoisotopic (exact) mass is 179 g/mol. The molecule has 0 aromatic carbocycles. The summed E-state index contributed by atoms with van der Waals surface area (Å²) >= 11 is 0. The zero-order valence-electron chi connectivity index (χ0n) is 7.06. The molecule has 2 rings (SSSR count). The van der Waals surface area contributed by atoms with Crippen LogP contribution in [0, 0.1) is 0 Å². The molecule has 0 saturated heterocycles. The first-order chi connectivity index (χ1) is 6.42. The van der Waals surface area contributed by atoms with Crippen LogP contribution in [0.15, 0.2) is 22.8 Å². The summed E-state index contributed by atoms with van der Waals surface area (Å²) in [6.07, 6.45) is 1.61. The molecule has 0 radical (unpaired) electrons. The van der Waals surface area contributed by atoms with E-state index in [-0.39, 0.29) is 6.04 Å². The number of aromatic amines is 1. The van der Waals surface area contributed by atoms with Gasteiger partial charge in [-0.05, 0) is 19.2 Å². The molecule has 2 heterocycles. The fourth-order valence-electron chi connectivity index (χ4n) is 1.15. The lowest BCUT2D eigenvalue weighted by molar-refractivity contribution is 0.453. The summed E-state index contributed by atoms with van der Waals surface area (Å²) in [6, 6.07) is 3.53. The maximum Gasteiger partial charge on any atom is 0.199 e. The Labute approximate surface area is 74.3 Å². The number of hydrogen-bond acceptors (Lipinski definition) is 5. The zero-order valence-corrected chi connectivity index (χ0v) is 7.06. The molecule has 0 amide bonds. The Balaban J connectivity index is 2.29. The van der Waals surface area contributed by atoms with Gasteiger partial charge in [-0.1, -0.05) is 5.21 Å². The van der Waals surface area contributed by atoms with Gasteiger partial charge in [-0.2, -0.15) is 5.21 Å². The fourth-order valence-corrected chi connectivity index (χ4v) is 1.15. The van der Waals surface area contributed by atoms with Crippen LogP contribution in [0.1, 0.15) is 17.6 Å². The summed E-state index contributed by atoms with van der Waals surface area (Å²) in [5, 5.41) is 16.7. The lowest BCUT2D eigenvalue weighted by atomic mass is 10.2. The van der Waals surface area contributed by atoms with Crippen molar-refractivity contribution in [3.63, 3.8) is 0 Å². The lowest BCUT2D eigenvalue weighted by Gasteiger charge is -2.07. The first-order valence-corrected chi connectivity index (χ1v) is 3.86. The SMILES string of the molecule is CNC(c1nn[nH]n1)c1ccco1. The van der Waals surface area contributed by atoms with Crippen molar-refractivity contribution < 1.29 is 4.42 Å². The molecular weight excluding hydrogens is 170 g/mol. The van der Waals surface area contributed by atoms with Crippen LogP contribution < -0.4 is 5.32 Å². The van der Waals surface area contributed by atoms with Gasteiger partial charge < -0.3 is 9.73 Å². The highest BCUT2D eigenvalue weighted by molar-refractivity contribution is 5.12. The van der Waals surface area contributed by atoms with Gasteiger partial charge in [-0.3, -0.25) is 0 Å². The molecule has 2 aromatic rings. The van der Waals surface area contributed by atoms with E-state index in [1.807, 2.05) is 19.2 Å². The van der Waals surface area contributed by atoms with Crippen LogP contribution in [0.3, 0.4) is 0 Å². The standard InChI is InChI=1S/C7H9N5O/c1-8-6(5-3-2-4-13-5)7-9-11-12-10-7/h2-4,6,8H,1H3,(H,9,10,11,12). The largest absolute Gasteiger partial charge is 0.467 e. The smallest absolute Gasteiger partial charge is 0.199 e. The molecule has 0 saturated carbocycles. The number of rotatable bonds is 3. The summed E-state index contributed by atoms with van der Waals surface area (Å²) in [5.74, 6) is 1.33. The van der Waals surface area contributed by atoms with Crippen LogP contribution in [0.25, 0.3) is 0 Å². The topological polar surface area (TPSA) is 79.6 Å². The van der Waals surface area contributed by atoms with Crippen molar-refractivity contribution in [1.82, 2.24) is 25.9 Å². The van der Waals surface area contributed by atoms with Crippen LogP contribution in [-0.4, -0.2) is 27.7 Å². The van der Waals surface area contributed by atoms with Crippen LogP contribution in [0.5, 0.6) is 0 Å². The molecule has 1 atom stereocenters. The second-order valence-electron chi connectivity index (χ2n) is 2.51. The van der Waals surface area contributed by atoms with Gasteiger partial charge in [-0.25, -0.2) is 0 Å². The van der Waals surface area contributed by atoms with E-state index in [0.29, 0.717) is 5.82 Å². The van der Waals surface area contributed by atoms with Crippen molar-refractivity contribution in [1.29, 1.82) is 0 Å². The lowest BCUT2D eigenvalue weighted by Crippen LogP contribution is -2.18. The minimum absolute atomic E-state index is 0.145. The van der Waals surface area contributed by atoms with Crippen molar-refractivity contribution in [3.8, 4) is 0 Å². The number of H-pyrrole nitrogens is 1. The van der Waals surface area contributed by atoms with Gasteiger partial charge >= 0.3 is 0 Å². The number of tetrazole rings is 1. The van der Waals surface area contributed by atoms with Gasteiger partial charge in [-0.15, -0.1) is 10.2 Å². The Hall–Kier alpha value is -1.69. The molecule has 0 aliphatic heterocycles. The van der Waals surface area contributed by atoms with Gasteiger partial charge in [0, 0.05) is 0 Å². The minimum Gasteiger partial charge on any atom is -0.467 e. The summed E-state index contributed by atoms with van der Waals surface area (Å²) in [6.45, 7) is 0. The summed E-state index contributed by atoms with van der Waals surface area (Å²) in [7, 11) is 1.81. The summed E-state index contributed by atoms with van der Waals surface area (Å²) < 4.78 is 5.23. The van der Waals surface area contributed by atoms with Crippen LogP contribution in [0.4, 0.5) is 0 Å². The second kappa shape index (κ2) is 3.36. The Morgan fingerprint density at radius 1 is 1.62 bits per heavy atom. The first kappa shape index (κ1) is 7.93. The molecule has 6 nitrogen and oxygen atoms in total. The maximum absolute atomic E-state index is 5.23. The Morgan fingerprint density at radius 3 is 3.08 bits per heavy atom. The molecule has 2 N–H and O–H groups in total. The third-order valence-corrected chi connectivity index (χ3v) is 1.74. The van der Waals surface area contributed by atoms with Crippen LogP contribution in [-0.2, 0) is 0 Å². The van der Waals surface area contributed by atoms with Gasteiger partial charge in [0.05, 0.1) is 6.26 Å². The van der Waals surface area contributed by atoms with E-state index in [0.717, 1.165) is 5.76 Å². The van der Waals surface area contributed by atoms with E-state index >= 15 is 0 Å². The molecular formula is C7H9N5O. The average molecular weight is 179 g/mol. The van der Waals surface area contributed by atoms with Crippen molar-refractivity contribution in [2.45, 2.75) is 6.04 Å². The molecule has 1 unspecified atom stereocenters. The molecule has 0 aliphatic rings. The van der Waals surface area contributed by atoms with E-state index in [1.54, 1.807) is 6.26 Å². The van der Waals surface area contributed by atoms with Crippen molar-refractivity contribution in [2.75, 3.05) is 7.05 Å². The maximum atomic E-state index is 5.23. The minimum atomic E-state index is -0.145. The second-order valence-corrected chi connectivity index (χ2v) is 2.51. The van der Waals surface area contributed by atoms with E-state index in [1.165, 1.54) is 0 Å². The van der Waals surface area contributed by atoms with Crippen molar-refractivity contribution >= 4 is 0 Å². The molecule has 68 valence electrons. The van der Waals surface area contributed by atoms with Gasteiger partial charge in [0.15, 0.2) is 5.82 Å². The van der Waals surface area contributed by atoms with E-state index in [2.05, 4.69) is 25.9 Å². The number of hydrogen-bond donors (Lipinski definition) is 2. The third kappa shape index (κ3) is 1.43. The molecule has 6 heteroatoms.